The quantitative estimate of drug-likeness (QED) is 0.463. The number of hydrogen-bond acceptors (Lipinski definition) is 7. The largest absolute Gasteiger partial charge is 0.459 e. The summed E-state index contributed by atoms with van der Waals surface area (Å²) in [4.78, 5) is 13.7. The molecule has 0 unspecified atom stereocenters. The number of ether oxygens (including phenoxy) is 1. The number of para-hydroxylation sites is 1. The van der Waals surface area contributed by atoms with Crippen LogP contribution in [0.3, 0.4) is 0 Å². The number of imidazole rings is 1. The topological polar surface area (TPSA) is 94.2 Å². The summed E-state index contributed by atoms with van der Waals surface area (Å²) in [7, 11) is 0. The lowest BCUT2D eigenvalue weighted by molar-refractivity contribution is 0.204. The molecule has 9 nitrogen and oxygen atoms in total. The molecule has 4 aromatic rings. The molecule has 0 amide bonds. The Bertz CT molecular complexity index is 1220. The maximum absolute atomic E-state index is 6.10. The fourth-order valence-corrected chi connectivity index (χ4v) is 4.03. The van der Waals surface area contributed by atoms with E-state index in [1.165, 1.54) is 0 Å². The minimum Gasteiger partial charge on any atom is -0.459 e. The van der Waals surface area contributed by atoms with E-state index in [9.17, 15) is 0 Å². The van der Waals surface area contributed by atoms with Gasteiger partial charge in [-0.1, -0.05) is 32.0 Å². The number of benzene rings is 1. The second kappa shape index (κ2) is 8.58. The van der Waals surface area contributed by atoms with Gasteiger partial charge in [-0.05, 0) is 37.4 Å². The first-order valence-electron chi connectivity index (χ1n) is 11.1. The lowest BCUT2D eigenvalue weighted by atomic mass is 10.1. The molecular weight excluding hydrogens is 404 g/mol. The van der Waals surface area contributed by atoms with Crippen LogP contribution < -0.4 is 15.4 Å². The standard InChI is InChI=1S/C23H28N8O/c1-15(2)19-14-27-31-21(19)28-23(32-18-8-9-24-13-18)29-22(31)26-12-17-6-4-5-7-20(17)30-11-10-25-16(30)3/h4-7,10-11,14-15,18,24H,8-9,12-13H2,1-3H3,(H,26,28,29)/t18-/m1/s1. The van der Waals surface area contributed by atoms with E-state index in [0.29, 0.717) is 24.4 Å². The molecule has 1 aliphatic rings. The Kier molecular flexibility index (Phi) is 5.48. The first-order chi connectivity index (χ1) is 15.6. The van der Waals surface area contributed by atoms with Gasteiger partial charge in [-0.2, -0.15) is 19.6 Å². The van der Waals surface area contributed by atoms with Crippen molar-refractivity contribution in [3.63, 3.8) is 0 Å². The van der Waals surface area contributed by atoms with Gasteiger partial charge in [0.25, 0.3) is 0 Å². The second-order valence-corrected chi connectivity index (χ2v) is 8.38. The van der Waals surface area contributed by atoms with E-state index in [0.717, 1.165) is 47.8 Å². The third kappa shape index (κ3) is 3.91. The highest BCUT2D eigenvalue weighted by Gasteiger charge is 2.21. The predicted octanol–water partition coefficient (Wildman–Crippen LogP) is 3.09. The molecule has 0 radical (unpaired) electrons. The Morgan fingerprint density at radius 1 is 1.25 bits per heavy atom. The third-order valence-electron chi connectivity index (χ3n) is 5.80. The van der Waals surface area contributed by atoms with Crippen LogP contribution in [0, 0.1) is 6.92 Å². The van der Waals surface area contributed by atoms with Crippen molar-refractivity contribution in [2.45, 2.75) is 45.8 Å². The van der Waals surface area contributed by atoms with E-state index in [1.54, 1.807) is 4.52 Å². The minimum absolute atomic E-state index is 0.0839. The van der Waals surface area contributed by atoms with Crippen molar-refractivity contribution in [3.8, 4) is 11.7 Å². The monoisotopic (exact) mass is 432 g/mol. The Morgan fingerprint density at radius 3 is 2.88 bits per heavy atom. The van der Waals surface area contributed by atoms with Gasteiger partial charge in [0.05, 0.1) is 11.9 Å². The molecule has 0 bridgehead atoms. The van der Waals surface area contributed by atoms with Crippen LogP contribution in [0.15, 0.2) is 42.9 Å². The third-order valence-corrected chi connectivity index (χ3v) is 5.80. The van der Waals surface area contributed by atoms with Gasteiger partial charge in [0.1, 0.15) is 11.9 Å². The minimum atomic E-state index is 0.0839. The zero-order chi connectivity index (χ0) is 22.1. The number of aromatic nitrogens is 6. The summed E-state index contributed by atoms with van der Waals surface area (Å²) in [6.45, 7) is 8.60. The Labute approximate surface area is 186 Å². The average Bonchev–Trinajstić information content (AvgIpc) is 3.53. The lowest BCUT2D eigenvalue weighted by Crippen LogP contribution is -2.21. The van der Waals surface area contributed by atoms with E-state index in [1.807, 2.05) is 37.6 Å². The van der Waals surface area contributed by atoms with E-state index in [4.69, 9.17) is 9.72 Å². The number of hydrogen-bond donors (Lipinski definition) is 2. The maximum Gasteiger partial charge on any atom is 0.322 e. The van der Waals surface area contributed by atoms with E-state index in [-0.39, 0.29) is 6.10 Å². The van der Waals surface area contributed by atoms with Crippen molar-refractivity contribution < 1.29 is 4.74 Å². The van der Waals surface area contributed by atoms with Crippen molar-refractivity contribution in [3.05, 3.63) is 59.8 Å². The van der Waals surface area contributed by atoms with Crippen molar-refractivity contribution in [1.29, 1.82) is 0 Å². The van der Waals surface area contributed by atoms with Gasteiger partial charge in [-0.15, -0.1) is 0 Å². The van der Waals surface area contributed by atoms with Gasteiger partial charge in [0.15, 0.2) is 5.65 Å². The van der Waals surface area contributed by atoms with Gasteiger partial charge in [0.2, 0.25) is 5.95 Å². The molecule has 0 aliphatic carbocycles. The summed E-state index contributed by atoms with van der Waals surface area (Å²) in [6.07, 6.45) is 6.68. The predicted molar refractivity (Wildman–Crippen MR) is 122 cm³/mol. The summed E-state index contributed by atoms with van der Waals surface area (Å²) in [5, 5.41) is 11.3. The van der Waals surface area contributed by atoms with Crippen LogP contribution >= 0.6 is 0 Å². The fourth-order valence-electron chi connectivity index (χ4n) is 4.03. The number of rotatable bonds is 7. The van der Waals surface area contributed by atoms with Gasteiger partial charge < -0.3 is 19.9 Å². The zero-order valence-corrected chi connectivity index (χ0v) is 18.6. The number of aryl methyl sites for hydroxylation is 1. The molecule has 0 saturated carbocycles. The molecule has 5 rings (SSSR count). The van der Waals surface area contributed by atoms with Crippen molar-refractivity contribution in [1.82, 2.24) is 34.4 Å². The lowest BCUT2D eigenvalue weighted by Gasteiger charge is -2.15. The Hall–Kier alpha value is -3.46. The van der Waals surface area contributed by atoms with Crippen molar-refractivity contribution in [2.24, 2.45) is 0 Å². The smallest absolute Gasteiger partial charge is 0.322 e. The van der Waals surface area contributed by atoms with Crippen LogP contribution in [0.4, 0.5) is 5.95 Å². The highest BCUT2D eigenvalue weighted by atomic mass is 16.5. The first kappa shape index (κ1) is 20.4. The molecule has 1 saturated heterocycles. The molecule has 1 aromatic carbocycles. The van der Waals surface area contributed by atoms with Gasteiger partial charge in [-0.25, -0.2) is 4.98 Å². The van der Waals surface area contributed by atoms with Crippen molar-refractivity contribution in [2.75, 3.05) is 18.4 Å². The fraction of sp³-hybridized carbons (Fsp3) is 0.391. The van der Waals surface area contributed by atoms with Gasteiger partial charge >= 0.3 is 6.01 Å². The molecule has 1 atom stereocenters. The molecule has 3 aromatic heterocycles. The number of anilines is 1. The molecule has 9 heteroatoms. The molecular formula is C23H28N8O. The highest BCUT2D eigenvalue weighted by Crippen LogP contribution is 2.24. The molecule has 0 spiro atoms. The molecule has 4 heterocycles. The van der Waals surface area contributed by atoms with Crippen LogP contribution in [0.2, 0.25) is 0 Å². The summed E-state index contributed by atoms with van der Waals surface area (Å²) in [6, 6.07) is 8.65. The van der Waals surface area contributed by atoms with Crippen LogP contribution in [-0.4, -0.2) is 48.3 Å². The zero-order valence-electron chi connectivity index (χ0n) is 18.6. The molecule has 166 valence electrons. The van der Waals surface area contributed by atoms with Gasteiger partial charge in [-0.3, -0.25) is 0 Å². The Morgan fingerprint density at radius 2 is 2.12 bits per heavy atom. The van der Waals surface area contributed by atoms with E-state index >= 15 is 0 Å². The summed E-state index contributed by atoms with van der Waals surface area (Å²) >= 11 is 0. The summed E-state index contributed by atoms with van der Waals surface area (Å²) in [5.41, 5.74) is 4.05. The van der Waals surface area contributed by atoms with Crippen LogP contribution in [0.5, 0.6) is 6.01 Å². The van der Waals surface area contributed by atoms with E-state index < -0.39 is 0 Å². The molecule has 1 aliphatic heterocycles. The summed E-state index contributed by atoms with van der Waals surface area (Å²) < 4.78 is 9.95. The molecule has 2 N–H and O–H groups in total. The van der Waals surface area contributed by atoms with Crippen LogP contribution in [0.1, 0.15) is 43.1 Å². The van der Waals surface area contributed by atoms with E-state index in [2.05, 4.69) is 56.2 Å². The number of nitrogens with zero attached hydrogens (tertiary/aromatic N) is 6. The summed E-state index contributed by atoms with van der Waals surface area (Å²) in [5.74, 6) is 1.84. The Balaban J connectivity index is 1.48. The average molecular weight is 433 g/mol. The van der Waals surface area contributed by atoms with Crippen LogP contribution in [-0.2, 0) is 6.54 Å². The second-order valence-electron chi connectivity index (χ2n) is 8.38. The molecule has 32 heavy (non-hydrogen) atoms. The maximum atomic E-state index is 6.10. The van der Waals surface area contributed by atoms with Gasteiger partial charge in [0, 0.05) is 31.0 Å². The molecule has 1 fully saturated rings. The number of nitrogens with one attached hydrogen (secondary N) is 2. The van der Waals surface area contributed by atoms with Crippen molar-refractivity contribution >= 4 is 11.6 Å². The normalized spacial score (nSPS) is 16.2. The first-order valence-corrected chi connectivity index (χ1v) is 11.1. The highest BCUT2D eigenvalue weighted by molar-refractivity contribution is 5.53. The SMILES string of the molecule is Cc1nccn1-c1ccccc1CNc1nc(O[C@@H]2CCNC2)nc2c(C(C)C)cnn12. The van der Waals surface area contributed by atoms with Crippen LogP contribution in [0.25, 0.3) is 11.3 Å². The number of fused-ring (bicyclic) bond motifs is 1.